The molecule has 4 heteroatoms. The monoisotopic (exact) mass is 278 g/mol. The fraction of sp³-hybridized carbons (Fsp3) is 0.562. The highest BCUT2D eigenvalue weighted by atomic mass is 16.3. The van der Waals surface area contributed by atoms with Crippen molar-refractivity contribution in [2.45, 2.75) is 33.1 Å². The van der Waals surface area contributed by atoms with Gasteiger partial charge in [0.1, 0.15) is 0 Å². The molecular weight excluding hydrogens is 252 g/mol. The van der Waals surface area contributed by atoms with Crippen LogP contribution in [0.25, 0.3) is 0 Å². The molecule has 0 saturated heterocycles. The minimum absolute atomic E-state index is 0.0880. The molecule has 1 aromatic carbocycles. The van der Waals surface area contributed by atoms with Crippen molar-refractivity contribution in [3.05, 3.63) is 35.4 Å². The summed E-state index contributed by atoms with van der Waals surface area (Å²) in [5.74, 6) is -0.0891. The zero-order valence-electron chi connectivity index (χ0n) is 12.5. The molecule has 0 aliphatic rings. The number of carbonyl (C=O) groups is 1. The highest BCUT2D eigenvalue weighted by Crippen LogP contribution is 2.24. The first kappa shape index (κ1) is 16.7. The van der Waals surface area contributed by atoms with Gasteiger partial charge in [0.25, 0.3) is 5.91 Å². The van der Waals surface area contributed by atoms with Crippen molar-refractivity contribution in [1.82, 2.24) is 5.32 Å². The molecule has 0 unspecified atom stereocenters. The second kappa shape index (κ2) is 8.02. The van der Waals surface area contributed by atoms with E-state index in [0.717, 1.165) is 18.4 Å². The number of rotatable bonds is 8. The number of hydrogen-bond acceptors (Lipinski definition) is 3. The summed E-state index contributed by atoms with van der Waals surface area (Å²) in [7, 11) is 0. The van der Waals surface area contributed by atoms with E-state index in [1.807, 2.05) is 38.1 Å². The van der Waals surface area contributed by atoms with Crippen molar-refractivity contribution in [1.29, 1.82) is 0 Å². The van der Waals surface area contributed by atoms with Gasteiger partial charge in [-0.05, 0) is 37.4 Å². The van der Waals surface area contributed by atoms with Crippen molar-refractivity contribution < 1.29 is 9.90 Å². The van der Waals surface area contributed by atoms with Crippen molar-refractivity contribution in [3.63, 3.8) is 0 Å². The van der Waals surface area contributed by atoms with E-state index >= 15 is 0 Å². The van der Waals surface area contributed by atoms with Crippen molar-refractivity contribution in [2.75, 3.05) is 19.7 Å². The standard InChI is InChI=1S/C16H26N2O2/c1-3-16(4-2,12-19)11-18-15(20)14-8-6-5-7-13(14)9-10-17/h5-8,19H,3-4,9-12,17H2,1-2H3,(H,18,20). The number of hydrogen-bond donors (Lipinski definition) is 3. The highest BCUT2D eigenvalue weighted by Gasteiger charge is 2.26. The van der Waals surface area contributed by atoms with Gasteiger partial charge in [-0.25, -0.2) is 0 Å². The minimum Gasteiger partial charge on any atom is -0.396 e. The lowest BCUT2D eigenvalue weighted by Gasteiger charge is -2.29. The van der Waals surface area contributed by atoms with E-state index < -0.39 is 0 Å². The summed E-state index contributed by atoms with van der Waals surface area (Å²) in [5.41, 5.74) is 6.99. The Morgan fingerprint density at radius 1 is 1.30 bits per heavy atom. The van der Waals surface area contributed by atoms with Crippen molar-refractivity contribution >= 4 is 5.91 Å². The molecule has 0 radical (unpaired) electrons. The fourth-order valence-corrected chi connectivity index (χ4v) is 2.26. The first-order chi connectivity index (χ1) is 9.62. The maximum atomic E-state index is 12.3. The van der Waals surface area contributed by atoms with Crippen LogP contribution >= 0.6 is 0 Å². The van der Waals surface area contributed by atoms with Gasteiger partial charge in [-0.2, -0.15) is 0 Å². The molecule has 0 heterocycles. The summed E-state index contributed by atoms with van der Waals surface area (Å²) in [6.07, 6.45) is 2.37. The van der Waals surface area contributed by atoms with Gasteiger partial charge in [0.15, 0.2) is 0 Å². The molecule has 112 valence electrons. The lowest BCUT2D eigenvalue weighted by atomic mass is 9.83. The van der Waals surface area contributed by atoms with E-state index in [9.17, 15) is 9.90 Å². The Kier molecular flexibility index (Phi) is 6.68. The highest BCUT2D eigenvalue weighted by molar-refractivity contribution is 5.95. The Hall–Kier alpha value is -1.39. The average molecular weight is 278 g/mol. The number of aliphatic hydroxyl groups is 1. The van der Waals surface area contributed by atoms with Crippen LogP contribution in [0.2, 0.25) is 0 Å². The van der Waals surface area contributed by atoms with Crippen LogP contribution in [-0.2, 0) is 6.42 Å². The molecule has 0 saturated carbocycles. The summed E-state index contributed by atoms with van der Waals surface area (Å²) in [4.78, 5) is 12.3. The normalized spacial score (nSPS) is 11.4. The Morgan fingerprint density at radius 3 is 2.50 bits per heavy atom. The number of benzene rings is 1. The van der Waals surface area contributed by atoms with E-state index in [4.69, 9.17) is 5.73 Å². The molecule has 0 aliphatic heterocycles. The smallest absolute Gasteiger partial charge is 0.251 e. The first-order valence-corrected chi connectivity index (χ1v) is 7.29. The molecule has 0 bridgehead atoms. The molecule has 0 fully saturated rings. The maximum Gasteiger partial charge on any atom is 0.251 e. The Labute approximate surface area is 121 Å². The number of nitrogens with one attached hydrogen (secondary N) is 1. The van der Waals surface area contributed by atoms with Gasteiger partial charge in [0, 0.05) is 17.5 Å². The summed E-state index contributed by atoms with van der Waals surface area (Å²) in [6, 6.07) is 7.52. The largest absolute Gasteiger partial charge is 0.396 e. The van der Waals surface area contributed by atoms with Gasteiger partial charge in [-0.15, -0.1) is 0 Å². The topological polar surface area (TPSA) is 75.3 Å². The van der Waals surface area contributed by atoms with E-state index in [2.05, 4.69) is 5.32 Å². The molecule has 4 nitrogen and oxygen atoms in total. The van der Waals surface area contributed by atoms with Crippen LogP contribution in [0, 0.1) is 5.41 Å². The van der Waals surface area contributed by atoms with Crippen LogP contribution in [0.1, 0.15) is 42.6 Å². The molecule has 1 aromatic rings. The summed E-state index contributed by atoms with van der Waals surface area (Å²) >= 11 is 0. The minimum atomic E-state index is -0.224. The van der Waals surface area contributed by atoms with Gasteiger partial charge in [0.2, 0.25) is 0 Å². The van der Waals surface area contributed by atoms with Crippen LogP contribution in [-0.4, -0.2) is 30.7 Å². The van der Waals surface area contributed by atoms with Crippen LogP contribution < -0.4 is 11.1 Å². The number of amides is 1. The second-order valence-corrected chi connectivity index (χ2v) is 5.24. The molecule has 20 heavy (non-hydrogen) atoms. The Bertz CT molecular complexity index is 420. The van der Waals surface area contributed by atoms with Gasteiger partial charge in [-0.1, -0.05) is 32.0 Å². The van der Waals surface area contributed by atoms with Gasteiger partial charge in [0.05, 0.1) is 6.61 Å². The predicted molar refractivity (Wildman–Crippen MR) is 81.6 cm³/mol. The van der Waals surface area contributed by atoms with E-state index in [0.29, 0.717) is 25.1 Å². The van der Waals surface area contributed by atoms with E-state index in [1.54, 1.807) is 0 Å². The first-order valence-electron chi connectivity index (χ1n) is 7.29. The maximum absolute atomic E-state index is 12.3. The van der Waals surface area contributed by atoms with Crippen LogP contribution in [0.5, 0.6) is 0 Å². The summed E-state index contributed by atoms with van der Waals surface area (Å²) in [5, 5.41) is 12.5. The van der Waals surface area contributed by atoms with Gasteiger partial charge >= 0.3 is 0 Å². The van der Waals surface area contributed by atoms with Crippen molar-refractivity contribution in [3.8, 4) is 0 Å². The van der Waals surface area contributed by atoms with Gasteiger partial charge in [-0.3, -0.25) is 4.79 Å². The van der Waals surface area contributed by atoms with Crippen LogP contribution in [0.4, 0.5) is 0 Å². The molecule has 4 N–H and O–H groups in total. The number of carbonyl (C=O) groups excluding carboxylic acids is 1. The lowest BCUT2D eigenvalue weighted by Crippen LogP contribution is -2.39. The molecule has 0 spiro atoms. The third-order valence-corrected chi connectivity index (χ3v) is 4.14. The van der Waals surface area contributed by atoms with Crippen molar-refractivity contribution in [2.24, 2.45) is 11.1 Å². The molecule has 0 atom stereocenters. The number of aliphatic hydroxyl groups excluding tert-OH is 1. The third-order valence-electron chi connectivity index (χ3n) is 4.14. The number of nitrogens with two attached hydrogens (primary N) is 1. The predicted octanol–water partition coefficient (Wildman–Crippen LogP) is 1.72. The van der Waals surface area contributed by atoms with Gasteiger partial charge < -0.3 is 16.2 Å². The summed E-state index contributed by atoms with van der Waals surface area (Å²) < 4.78 is 0. The molecule has 1 amide bonds. The average Bonchev–Trinajstić information content (AvgIpc) is 2.50. The zero-order chi connectivity index (χ0) is 15.0. The van der Waals surface area contributed by atoms with E-state index in [1.165, 1.54) is 0 Å². The zero-order valence-corrected chi connectivity index (χ0v) is 12.5. The van der Waals surface area contributed by atoms with Crippen LogP contribution in [0.15, 0.2) is 24.3 Å². The fourth-order valence-electron chi connectivity index (χ4n) is 2.26. The second-order valence-electron chi connectivity index (χ2n) is 5.24. The molecule has 1 rings (SSSR count). The molecular formula is C16H26N2O2. The Balaban J connectivity index is 2.76. The van der Waals surface area contributed by atoms with Crippen LogP contribution in [0.3, 0.4) is 0 Å². The Morgan fingerprint density at radius 2 is 1.95 bits per heavy atom. The summed E-state index contributed by atoms with van der Waals surface area (Å²) in [6.45, 7) is 5.17. The molecule has 0 aliphatic carbocycles. The SMILES string of the molecule is CCC(CC)(CO)CNC(=O)c1ccccc1CCN. The third kappa shape index (κ3) is 4.05. The molecule has 0 aromatic heterocycles. The lowest BCUT2D eigenvalue weighted by molar-refractivity contribution is 0.0850. The van der Waals surface area contributed by atoms with E-state index in [-0.39, 0.29) is 17.9 Å². The quantitative estimate of drug-likeness (QED) is 0.677.